The molecule has 1 saturated heterocycles. The van der Waals surface area contributed by atoms with Crippen LogP contribution in [0.25, 0.3) is 0 Å². The Morgan fingerprint density at radius 2 is 2.11 bits per heavy atom. The third-order valence-corrected chi connectivity index (χ3v) is 5.51. The van der Waals surface area contributed by atoms with Gasteiger partial charge in [-0.2, -0.15) is 4.73 Å². The SMILES string of the molecule is C[C@@H]1C[C@H](CC(O)OC(C)(C)C)CN(c2c([N+](=O)[O-])c[n+]([O-])c3c2CCC3)C1. The quantitative estimate of drug-likeness (QED) is 0.271. The number of fused-ring (bicyclic) bond motifs is 1. The molecule has 0 aromatic carbocycles. The number of hydrogen-bond donors (Lipinski definition) is 1. The van der Waals surface area contributed by atoms with E-state index in [1.54, 1.807) is 0 Å². The molecule has 3 rings (SSSR count). The normalized spacial score (nSPS) is 23.5. The highest BCUT2D eigenvalue weighted by Gasteiger charge is 2.37. The van der Waals surface area contributed by atoms with Gasteiger partial charge in [0.1, 0.15) is 5.69 Å². The molecule has 1 unspecified atom stereocenters. The van der Waals surface area contributed by atoms with E-state index in [4.69, 9.17) is 4.74 Å². The van der Waals surface area contributed by atoms with Crippen molar-refractivity contribution in [3.05, 3.63) is 32.8 Å². The lowest BCUT2D eigenvalue weighted by Gasteiger charge is -2.39. The van der Waals surface area contributed by atoms with Crippen LogP contribution in [0.2, 0.25) is 0 Å². The number of aliphatic hydroxyl groups excluding tert-OH is 1. The molecule has 2 aliphatic rings. The highest BCUT2D eigenvalue weighted by atomic mass is 16.6. The molecule has 8 heteroatoms. The van der Waals surface area contributed by atoms with Crippen molar-refractivity contribution in [2.24, 2.45) is 11.8 Å². The number of piperidine rings is 1. The molecule has 1 aliphatic heterocycles. The van der Waals surface area contributed by atoms with Gasteiger partial charge >= 0.3 is 5.69 Å². The molecule has 1 aromatic heterocycles. The molecule has 0 bridgehead atoms. The number of hydrogen-bond acceptors (Lipinski definition) is 6. The molecule has 0 amide bonds. The standard InChI is InChI=1S/C20H31N3O5/c1-13-8-14(9-18(24)28-20(2,3)4)11-21(10-13)19-15-6-5-7-16(15)22(25)12-17(19)23(26)27/h12-14,18,24H,5-11H2,1-4H3/t13-,14-,18?/m1/s1. The fraction of sp³-hybridized carbons (Fsp3) is 0.750. The van der Waals surface area contributed by atoms with Gasteiger partial charge in [-0.05, 0) is 51.9 Å². The van der Waals surface area contributed by atoms with Crippen LogP contribution in [0.4, 0.5) is 11.4 Å². The van der Waals surface area contributed by atoms with E-state index in [1.807, 2.05) is 20.8 Å². The van der Waals surface area contributed by atoms with E-state index in [0.717, 1.165) is 24.6 Å². The predicted molar refractivity (Wildman–Crippen MR) is 105 cm³/mol. The monoisotopic (exact) mass is 393 g/mol. The van der Waals surface area contributed by atoms with Crippen LogP contribution >= 0.6 is 0 Å². The van der Waals surface area contributed by atoms with E-state index >= 15 is 0 Å². The van der Waals surface area contributed by atoms with Gasteiger partial charge in [-0.25, -0.2) is 0 Å². The van der Waals surface area contributed by atoms with E-state index in [0.29, 0.717) is 54.4 Å². The zero-order valence-corrected chi connectivity index (χ0v) is 17.2. The Balaban J connectivity index is 1.87. The molecule has 8 nitrogen and oxygen atoms in total. The average Bonchev–Trinajstić information content (AvgIpc) is 3.01. The minimum atomic E-state index is -0.863. The maximum atomic E-state index is 12.2. The molecule has 1 N–H and O–H groups in total. The van der Waals surface area contributed by atoms with Gasteiger partial charge < -0.3 is 20.0 Å². The highest BCUT2D eigenvalue weighted by Crippen LogP contribution is 2.40. The largest absolute Gasteiger partial charge is 0.618 e. The summed E-state index contributed by atoms with van der Waals surface area (Å²) in [7, 11) is 0. The van der Waals surface area contributed by atoms with E-state index < -0.39 is 16.8 Å². The van der Waals surface area contributed by atoms with Crippen molar-refractivity contribution < 1.29 is 19.5 Å². The third-order valence-electron chi connectivity index (χ3n) is 5.51. The maximum absolute atomic E-state index is 12.2. The summed E-state index contributed by atoms with van der Waals surface area (Å²) >= 11 is 0. The first kappa shape index (κ1) is 20.8. The van der Waals surface area contributed by atoms with Gasteiger partial charge in [0.2, 0.25) is 0 Å². The molecule has 28 heavy (non-hydrogen) atoms. The number of aromatic nitrogens is 1. The minimum Gasteiger partial charge on any atom is -0.618 e. The van der Waals surface area contributed by atoms with Crippen molar-refractivity contribution in [3.8, 4) is 0 Å². The van der Waals surface area contributed by atoms with E-state index in [2.05, 4.69) is 11.8 Å². The van der Waals surface area contributed by atoms with E-state index in [-0.39, 0.29) is 11.6 Å². The first-order chi connectivity index (χ1) is 13.0. The van der Waals surface area contributed by atoms with E-state index in [1.165, 1.54) is 0 Å². The molecular formula is C20H31N3O5. The summed E-state index contributed by atoms with van der Waals surface area (Å²) in [5.74, 6) is 0.495. The van der Waals surface area contributed by atoms with Crippen LogP contribution in [0, 0.1) is 27.2 Å². The third kappa shape index (κ3) is 4.55. The lowest BCUT2D eigenvalue weighted by Crippen LogP contribution is -2.43. The van der Waals surface area contributed by atoms with Crippen LogP contribution in [0.15, 0.2) is 6.20 Å². The Morgan fingerprint density at radius 1 is 1.39 bits per heavy atom. The summed E-state index contributed by atoms with van der Waals surface area (Å²) in [5.41, 5.74) is 1.54. The smallest absolute Gasteiger partial charge is 0.357 e. The summed E-state index contributed by atoms with van der Waals surface area (Å²) < 4.78 is 6.33. The van der Waals surface area contributed by atoms with Gasteiger partial charge in [-0.3, -0.25) is 10.1 Å². The topological polar surface area (TPSA) is 103 Å². The Morgan fingerprint density at radius 3 is 2.75 bits per heavy atom. The first-order valence-electron chi connectivity index (χ1n) is 10.1. The molecule has 0 spiro atoms. The Bertz CT molecular complexity index is 746. The molecule has 0 radical (unpaired) electrons. The second kappa shape index (κ2) is 7.83. The van der Waals surface area contributed by atoms with Gasteiger partial charge in [0.05, 0.1) is 16.1 Å². The first-order valence-corrected chi connectivity index (χ1v) is 10.1. The fourth-order valence-corrected chi connectivity index (χ4v) is 4.69. The van der Waals surface area contributed by atoms with Gasteiger partial charge in [0.25, 0.3) is 6.20 Å². The van der Waals surface area contributed by atoms with Crippen molar-refractivity contribution in [1.29, 1.82) is 0 Å². The van der Waals surface area contributed by atoms with Crippen LogP contribution in [0.3, 0.4) is 0 Å². The Kier molecular flexibility index (Phi) is 5.82. The molecule has 156 valence electrons. The van der Waals surface area contributed by atoms with Crippen molar-refractivity contribution >= 4 is 11.4 Å². The van der Waals surface area contributed by atoms with Crippen LogP contribution < -0.4 is 9.63 Å². The van der Waals surface area contributed by atoms with Crippen molar-refractivity contribution in [2.45, 2.75) is 71.7 Å². The maximum Gasteiger partial charge on any atom is 0.357 e. The lowest BCUT2D eigenvalue weighted by molar-refractivity contribution is -0.617. The molecule has 1 aliphatic carbocycles. The summed E-state index contributed by atoms with van der Waals surface area (Å²) in [4.78, 5) is 13.3. The van der Waals surface area contributed by atoms with Gasteiger partial charge in [-0.15, -0.1) is 0 Å². The number of pyridine rings is 1. The predicted octanol–water partition coefficient (Wildman–Crippen LogP) is 2.70. The number of anilines is 1. The van der Waals surface area contributed by atoms with Gasteiger partial charge in [0, 0.05) is 25.9 Å². The van der Waals surface area contributed by atoms with Crippen LogP contribution in [0.5, 0.6) is 0 Å². The summed E-state index contributed by atoms with van der Waals surface area (Å²) in [5, 5.41) is 34.2. The Hall–Kier alpha value is -1.93. The summed E-state index contributed by atoms with van der Waals surface area (Å²) in [6.45, 7) is 9.16. The van der Waals surface area contributed by atoms with E-state index in [9.17, 15) is 20.4 Å². The highest BCUT2D eigenvalue weighted by molar-refractivity contribution is 5.68. The second-order valence-electron chi connectivity index (χ2n) is 9.26. The number of aliphatic hydroxyl groups is 1. The van der Waals surface area contributed by atoms with Crippen molar-refractivity contribution in [1.82, 2.24) is 0 Å². The second-order valence-corrected chi connectivity index (χ2v) is 9.26. The number of nitro groups is 1. The molecule has 3 atom stereocenters. The van der Waals surface area contributed by atoms with Gasteiger partial charge in [0.15, 0.2) is 12.0 Å². The number of ether oxygens (including phenoxy) is 1. The van der Waals surface area contributed by atoms with Crippen LogP contribution in [-0.2, 0) is 17.6 Å². The molecule has 1 aromatic rings. The number of rotatable bonds is 5. The molecule has 1 fully saturated rings. The van der Waals surface area contributed by atoms with Crippen molar-refractivity contribution in [3.63, 3.8) is 0 Å². The zero-order chi connectivity index (χ0) is 20.6. The zero-order valence-electron chi connectivity index (χ0n) is 17.2. The lowest BCUT2D eigenvalue weighted by atomic mass is 9.87. The van der Waals surface area contributed by atoms with Crippen LogP contribution in [-0.4, -0.2) is 35.0 Å². The molecular weight excluding hydrogens is 362 g/mol. The minimum absolute atomic E-state index is 0.116. The summed E-state index contributed by atoms with van der Waals surface area (Å²) in [6, 6.07) is 0. The van der Waals surface area contributed by atoms with Gasteiger partial charge in [-0.1, -0.05) is 6.92 Å². The van der Waals surface area contributed by atoms with Crippen molar-refractivity contribution in [2.75, 3.05) is 18.0 Å². The fourth-order valence-electron chi connectivity index (χ4n) is 4.69. The average molecular weight is 393 g/mol. The number of nitrogens with zero attached hydrogens (tertiary/aromatic N) is 3. The Labute approximate surface area is 165 Å². The molecule has 0 saturated carbocycles. The van der Waals surface area contributed by atoms with Crippen LogP contribution in [0.1, 0.15) is 58.2 Å². The summed E-state index contributed by atoms with van der Waals surface area (Å²) in [6.07, 6.45) is 3.88. The molecule has 2 heterocycles.